The lowest BCUT2D eigenvalue weighted by Gasteiger charge is -2.36. The minimum absolute atomic E-state index is 0.589. The second-order valence-electron chi connectivity index (χ2n) is 19.8. The summed E-state index contributed by atoms with van der Waals surface area (Å²) < 4.78 is 7.02. The SMILES string of the molecule is c1ccc(C2(c3ccccc3)c3ccccc3-c3ccc(N(c4ccc5c(c4)C(c4ccccc4)(c4ccccc4)c4ccccc4-5)c4ccccc4-c4cccc5c4oc4cc6ccccc6cc45)cc32)cc1. The number of para-hydroxylation sites is 2. The number of furan rings is 1. The van der Waals surface area contributed by atoms with Crippen LogP contribution in [0.5, 0.6) is 0 Å². The van der Waals surface area contributed by atoms with Crippen LogP contribution in [0.15, 0.2) is 290 Å². The number of hydrogen-bond acceptors (Lipinski definition) is 2. The molecule has 0 N–H and O–H groups in total. The van der Waals surface area contributed by atoms with Gasteiger partial charge in [0.1, 0.15) is 11.2 Å². The molecule has 0 saturated carbocycles. The molecule has 12 aromatic carbocycles. The molecule has 346 valence electrons. The van der Waals surface area contributed by atoms with Crippen molar-refractivity contribution >= 4 is 49.8 Å². The second kappa shape index (κ2) is 16.5. The van der Waals surface area contributed by atoms with Gasteiger partial charge in [0.15, 0.2) is 0 Å². The van der Waals surface area contributed by atoms with Gasteiger partial charge in [-0.05, 0) is 120 Å². The summed E-state index contributed by atoms with van der Waals surface area (Å²) in [5.41, 5.74) is 20.8. The third kappa shape index (κ3) is 6.00. The Morgan fingerprint density at radius 1 is 0.270 bits per heavy atom. The topological polar surface area (TPSA) is 16.4 Å². The molecule has 0 fully saturated rings. The van der Waals surface area contributed by atoms with Crippen LogP contribution in [0.4, 0.5) is 17.1 Å². The molecule has 15 rings (SSSR count). The van der Waals surface area contributed by atoms with Gasteiger partial charge in [0, 0.05) is 33.3 Å². The summed E-state index contributed by atoms with van der Waals surface area (Å²) >= 11 is 0. The van der Waals surface area contributed by atoms with Crippen molar-refractivity contribution < 1.29 is 4.42 Å². The molecule has 13 aromatic rings. The zero-order chi connectivity index (χ0) is 48.8. The van der Waals surface area contributed by atoms with E-state index in [-0.39, 0.29) is 0 Å². The first-order valence-corrected chi connectivity index (χ1v) is 25.7. The van der Waals surface area contributed by atoms with E-state index in [1.807, 2.05) is 0 Å². The van der Waals surface area contributed by atoms with Gasteiger partial charge in [-0.3, -0.25) is 0 Å². The fraction of sp³-hybridized carbons (Fsp3) is 0.0278. The summed E-state index contributed by atoms with van der Waals surface area (Å²) in [4.78, 5) is 2.51. The number of nitrogens with zero attached hydrogens (tertiary/aromatic N) is 1. The third-order valence-corrected chi connectivity index (χ3v) is 16.2. The van der Waals surface area contributed by atoms with Crippen LogP contribution in [0.25, 0.3) is 66.1 Å². The van der Waals surface area contributed by atoms with Gasteiger partial charge in [-0.2, -0.15) is 0 Å². The standard InChI is InChI=1S/C72H47NO/c1-5-24-50(25-6-1)71(51-26-7-2-8-27-51)64-37-18-15-32-56(64)58-42-40-54(46-66(58)71)73(68-39-20-17-34-60(68)61-35-21-36-62-63-44-48-22-13-14-23-49(48)45-69(63)74-70(61)62)55-41-43-59-57-33-16-19-38-65(57)72(67(59)47-55,52-28-9-3-10-29-52)53-30-11-4-12-31-53/h1-47H. The van der Waals surface area contributed by atoms with Crippen LogP contribution >= 0.6 is 0 Å². The summed E-state index contributed by atoms with van der Waals surface area (Å²) in [5.74, 6) is 0. The van der Waals surface area contributed by atoms with Gasteiger partial charge < -0.3 is 9.32 Å². The normalized spacial score (nSPS) is 13.6. The first-order valence-electron chi connectivity index (χ1n) is 25.7. The molecular weight excluding hydrogens is 895 g/mol. The predicted molar refractivity (Wildman–Crippen MR) is 306 cm³/mol. The van der Waals surface area contributed by atoms with Crippen LogP contribution in [0.3, 0.4) is 0 Å². The van der Waals surface area contributed by atoms with E-state index in [9.17, 15) is 0 Å². The van der Waals surface area contributed by atoms with Crippen LogP contribution in [0, 0.1) is 0 Å². The zero-order valence-electron chi connectivity index (χ0n) is 40.5. The quantitative estimate of drug-likeness (QED) is 0.151. The van der Waals surface area contributed by atoms with E-state index in [1.165, 1.54) is 72.1 Å². The minimum atomic E-state index is -0.589. The van der Waals surface area contributed by atoms with Gasteiger partial charge in [0.25, 0.3) is 0 Å². The van der Waals surface area contributed by atoms with Crippen LogP contribution in [-0.2, 0) is 10.8 Å². The molecule has 0 bridgehead atoms. The molecule has 74 heavy (non-hydrogen) atoms. The first kappa shape index (κ1) is 42.2. The fourth-order valence-electron chi connectivity index (χ4n) is 13.2. The summed E-state index contributed by atoms with van der Waals surface area (Å²) in [5, 5.41) is 4.57. The summed E-state index contributed by atoms with van der Waals surface area (Å²) in [6, 6.07) is 105. The maximum absolute atomic E-state index is 7.02. The zero-order valence-corrected chi connectivity index (χ0v) is 40.5. The Balaban J connectivity index is 1.03. The molecule has 0 aliphatic heterocycles. The molecule has 0 spiro atoms. The molecule has 0 saturated heterocycles. The molecule has 1 aromatic heterocycles. The number of hydrogen-bond donors (Lipinski definition) is 0. The van der Waals surface area contributed by atoms with E-state index >= 15 is 0 Å². The van der Waals surface area contributed by atoms with Crippen molar-refractivity contribution in [2.45, 2.75) is 10.8 Å². The predicted octanol–water partition coefficient (Wildman–Crippen LogP) is 18.6. The van der Waals surface area contributed by atoms with Gasteiger partial charge in [-0.25, -0.2) is 0 Å². The molecule has 1 heterocycles. The van der Waals surface area contributed by atoms with E-state index in [0.29, 0.717) is 0 Å². The highest BCUT2D eigenvalue weighted by Crippen LogP contribution is 2.60. The molecule has 0 amide bonds. The Morgan fingerprint density at radius 3 is 1.19 bits per heavy atom. The molecule has 2 aliphatic rings. The van der Waals surface area contributed by atoms with Gasteiger partial charge in [0.05, 0.1) is 16.5 Å². The average Bonchev–Trinajstić information content (AvgIpc) is 4.17. The molecule has 0 unspecified atom stereocenters. The Kier molecular flexibility index (Phi) is 9.43. The monoisotopic (exact) mass is 941 g/mol. The van der Waals surface area contributed by atoms with Crippen molar-refractivity contribution in [2.75, 3.05) is 4.90 Å². The maximum Gasteiger partial charge on any atom is 0.143 e. The highest BCUT2D eigenvalue weighted by molar-refractivity contribution is 6.14. The van der Waals surface area contributed by atoms with Crippen LogP contribution in [0.1, 0.15) is 44.5 Å². The van der Waals surface area contributed by atoms with Crippen LogP contribution in [-0.4, -0.2) is 0 Å². The molecule has 2 heteroatoms. The van der Waals surface area contributed by atoms with E-state index in [4.69, 9.17) is 4.42 Å². The largest absolute Gasteiger partial charge is 0.455 e. The van der Waals surface area contributed by atoms with Crippen LogP contribution < -0.4 is 4.90 Å². The lowest BCUT2D eigenvalue weighted by atomic mass is 9.67. The molecule has 2 aliphatic carbocycles. The van der Waals surface area contributed by atoms with Gasteiger partial charge in [-0.15, -0.1) is 0 Å². The average molecular weight is 942 g/mol. The van der Waals surface area contributed by atoms with E-state index in [0.717, 1.165) is 55.5 Å². The van der Waals surface area contributed by atoms with Gasteiger partial charge in [0.2, 0.25) is 0 Å². The maximum atomic E-state index is 7.02. The number of rotatable bonds is 8. The smallest absolute Gasteiger partial charge is 0.143 e. The summed E-state index contributed by atoms with van der Waals surface area (Å²) in [6.07, 6.45) is 0. The van der Waals surface area contributed by atoms with Crippen molar-refractivity contribution in [1.29, 1.82) is 0 Å². The van der Waals surface area contributed by atoms with Crippen molar-refractivity contribution in [3.63, 3.8) is 0 Å². The van der Waals surface area contributed by atoms with Crippen molar-refractivity contribution in [2.24, 2.45) is 0 Å². The molecule has 2 nitrogen and oxygen atoms in total. The van der Waals surface area contributed by atoms with E-state index < -0.39 is 10.8 Å². The Labute approximate surface area is 430 Å². The first-order chi connectivity index (χ1) is 36.7. The van der Waals surface area contributed by atoms with E-state index in [1.54, 1.807) is 0 Å². The molecule has 0 radical (unpaired) electrons. The highest BCUT2D eigenvalue weighted by Gasteiger charge is 2.48. The minimum Gasteiger partial charge on any atom is -0.455 e. The highest BCUT2D eigenvalue weighted by atomic mass is 16.3. The number of anilines is 3. The molecule has 0 atom stereocenters. The third-order valence-electron chi connectivity index (χ3n) is 16.2. The van der Waals surface area contributed by atoms with Gasteiger partial charge in [-0.1, -0.05) is 243 Å². The number of fused-ring (bicyclic) bond motifs is 10. The van der Waals surface area contributed by atoms with Crippen molar-refractivity contribution in [3.05, 3.63) is 330 Å². The lowest BCUT2D eigenvalue weighted by molar-refractivity contribution is 0.670. The van der Waals surface area contributed by atoms with E-state index in [2.05, 4.69) is 290 Å². The van der Waals surface area contributed by atoms with Crippen LogP contribution in [0.2, 0.25) is 0 Å². The fourth-order valence-corrected chi connectivity index (χ4v) is 13.2. The Bertz CT molecular complexity index is 4050. The molecular formula is C72H47NO. The summed E-state index contributed by atoms with van der Waals surface area (Å²) in [6.45, 7) is 0. The van der Waals surface area contributed by atoms with Gasteiger partial charge >= 0.3 is 0 Å². The van der Waals surface area contributed by atoms with Crippen molar-refractivity contribution in [1.82, 2.24) is 0 Å². The van der Waals surface area contributed by atoms with Crippen molar-refractivity contribution in [3.8, 4) is 33.4 Å². The Hall–Kier alpha value is -9.50. The summed E-state index contributed by atoms with van der Waals surface area (Å²) in [7, 11) is 0. The lowest BCUT2D eigenvalue weighted by Crippen LogP contribution is -2.29. The number of benzene rings is 12. The Morgan fingerprint density at radius 2 is 0.676 bits per heavy atom. The second-order valence-corrected chi connectivity index (χ2v) is 19.8.